The van der Waals surface area contributed by atoms with Crippen molar-refractivity contribution in [2.45, 2.75) is 37.0 Å². The molecule has 29 heavy (non-hydrogen) atoms. The minimum Gasteiger partial charge on any atom is -0.387 e. The van der Waals surface area contributed by atoms with Crippen molar-refractivity contribution in [3.05, 3.63) is 12.7 Å². The van der Waals surface area contributed by atoms with Crippen LogP contribution in [0, 0.1) is 0 Å². The lowest BCUT2D eigenvalue weighted by Crippen LogP contribution is -2.54. The van der Waals surface area contributed by atoms with Crippen LogP contribution >= 0.6 is 0 Å². The first-order valence-electron chi connectivity index (χ1n) is 8.66. The maximum Gasteiger partial charge on any atom is 0.362 e. The zero-order chi connectivity index (χ0) is 20.8. The molecule has 4 rings (SSSR count). The predicted molar refractivity (Wildman–Crippen MR) is 95.1 cm³/mol. The molecule has 0 aromatic carbocycles. The van der Waals surface area contributed by atoms with E-state index < -0.39 is 53.4 Å². The molecule has 2 aliphatic heterocycles. The molecule has 158 valence electrons. The SMILES string of the molecule is Nc1ncnc2c1ncn2[C@@H]1O[C@H](COS(=O)(=O)NC(=O)[C@@H]2CCN2)[C@@H](O)[C@H]1O. The highest BCUT2D eigenvalue weighted by molar-refractivity contribution is 7.85. The van der Waals surface area contributed by atoms with Gasteiger partial charge in [-0.2, -0.15) is 8.42 Å². The molecule has 5 atom stereocenters. The van der Waals surface area contributed by atoms with E-state index in [1.807, 2.05) is 0 Å². The number of nitrogens with two attached hydrogens (primary N) is 1. The van der Waals surface area contributed by atoms with Crippen molar-refractivity contribution in [1.82, 2.24) is 29.6 Å². The summed E-state index contributed by atoms with van der Waals surface area (Å²) in [5.74, 6) is -0.603. The number of anilines is 1. The van der Waals surface area contributed by atoms with Crippen LogP contribution in [0.5, 0.6) is 0 Å². The van der Waals surface area contributed by atoms with Crippen LogP contribution in [0.15, 0.2) is 12.7 Å². The molecule has 2 aliphatic rings. The number of nitrogens with zero attached hydrogens (tertiary/aromatic N) is 4. The number of fused-ring (bicyclic) bond motifs is 1. The Kier molecular flexibility index (Phi) is 5.09. The van der Waals surface area contributed by atoms with Gasteiger partial charge in [0.1, 0.15) is 30.2 Å². The molecule has 2 fully saturated rings. The number of hydrogen-bond donors (Lipinski definition) is 5. The van der Waals surface area contributed by atoms with Crippen molar-refractivity contribution >= 4 is 33.2 Å². The summed E-state index contributed by atoms with van der Waals surface area (Å²) < 4.78 is 37.3. The van der Waals surface area contributed by atoms with Crippen LogP contribution in [-0.4, -0.2) is 81.6 Å². The Labute approximate surface area is 164 Å². The van der Waals surface area contributed by atoms with Crippen LogP contribution in [0.1, 0.15) is 12.6 Å². The highest BCUT2D eigenvalue weighted by atomic mass is 32.2. The Hall–Kier alpha value is -2.43. The fraction of sp³-hybridized carbons (Fsp3) is 0.571. The predicted octanol–water partition coefficient (Wildman–Crippen LogP) is -3.23. The number of carbonyl (C=O) groups excluding carboxylic acids is 1. The molecule has 0 unspecified atom stereocenters. The van der Waals surface area contributed by atoms with Crippen molar-refractivity contribution < 1.29 is 32.3 Å². The molecule has 15 heteroatoms. The van der Waals surface area contributed by atoms with Gasteiger partial charge in [-0.1, -0.05) is 0 Å². The average Bonchev–Trinajstić information content (AvgIpc) is 3.15. The zero-order valence-corrected chi connectivity index (χ0v) is 15.7. The number of nitrogen functional groups attached to an aromatic ring is 1. The molecule has 4 heterocycles. The van der Waals surface area contributed by atoms with Gasteiger partial charge in [-0.05, 0) is 13.0 Å². The molecule has 1 amide bonds. The first kappa shape index (κ1) is 19.9. The smallest absolute Gasteiger partial charge is 0.362 e. The van der Waals surface area contributed by atoms with E-state index >= 15 is 0 Å². The Bertz CT molecular complexity index is 1020. The van der Waals surface area contributed by atoms with Gasteiger partial charge in [0.25, 0.3) is 5.91 Å². The van der Waals surface area contributed by atoms with Gasteiger partial charge in [0.2, 0.25) is 0 Å². The normalized spacial score (nSPS) is 29.7. The molecular formula is C14H19N7O7S. The van der Waals surface area contributed by atoms with Gasteiger partial charge in [0.15, 0.2) is 17.7 Å². The van der Waals surface area contributed by atoms with Gasteiger partial charge in [-0.25, -0.2) is 19.7 Å². The third-order valence-corrected chi connectivity index (χ3v) is 5.65. The minimum absolute atomic E-state index is 0.129. The number of ether oxygens (including phenoxy) is 1. The highest BCUT2D eigenvalue weighted by Crippen LogP contribution is 2.32. The first-order valence-corrected chi connectivity index (χ1v) is 10.1. The van der Waals surface area contributed by atoms with Crippen molar-refractivity contribution in [3.63, 3.8) is 0 Å². The number of aromatic nitrogens is 4. The van der Waals surface area contributed by atoms with Gasteiger partial charge < -0.3 is 26.0 Å². The van der Waals surface area contributed by atoms with Gasteiger partial charge >= 0.3 is 10.3 Å². The summed E-state index contributed by atoms with van der Waals surface area (Å²) in [5.41, 5.74) is 6.27. The third-order valence-electron chi connectivity index (χ3n) is 4.75. The van der Waals surface area contributed by atoms with E-state index in [-0.39, 0.29) is 17.0 Å². The van der Waals surface area contributed by atoms with E-state index in [9.17, 15) is 23.4 Å². The second-order valence-corrected chi connectivity index (χ2v) is 7.98. The van der Waals surface area contributed by atoms with Crippen molar-refractivity contribution in [2.24, 2.45) is 0 Å². The molecule has 0 spiro atoms. The fourth-order valence-electron chi connectivity index (χ4n) is 3.05. The van der Waals surface area contributed by atoms with Gasteiger partial charge in [-0.3, -0.25) is 13.5 Å². The molecular weight excluding hydrogens is 410 g/mol. The summed E-state index contributed by atoms with van der Waals surface area (Å²) in [4.78, 5) is 23.6. The Morgan fingerprint density at radius 1 is 1.38 bits per heavy atom. The number of nitrogens with one attached hydrogen (secondary N) is 2. The lowest BCUT2D eigenvalue weighted by molar-refractivity contribution is -0.123. The van der Waals surface area contributed by atoms with Crippen LogP contribution in [-0.2, 0) is 24.0 Å². The molecule has 2 saturated heterocycles. The Balaban J connectivity index is 1.43. The van der Waals surface area contributed by atoms with Crippen LogP contribution in [0.3, 0.4) is 0 Å². The number of aliphatic hydroxyl groups excluding tert-OH is 2. The molecule has 0 radical (unpaired) electrons. The summed E-state index contributed by atoms with van der Waals surface area (Å²) in [5, 5.41) is 23.3. The molecule has 6 N–H and O–H groups in total. The monoisotopic (exact) mass is 429 g/mol. The summed E-state index contributed by atoms with van der Waals surface area (Å²) >= 11 is 0. The van der Waals surface area contributed by atoms with E-state index in [1.54, 1.807) is 4.72 Å². The first-order chi connectivity index (χ1) is 13.8. The number of hydrogen-bond acceptors (Lipinski definition) is 12. The van der Waals surface area contributed by atoms with E-state index in [0.717, 1.165) is 0 Å². The number of imidazole rings is 1. The summed E-state index contributed by atoms with van der Waals surface area (Å²) in [7, 11) is -4.41. The van der Waals surface area contributed by atoms with Crippen molar-refractivity contribution in [2.75, 3.05) is 18.9 Å². The van der Waals surface area contributed by atoms with Crippen molar-refractivity contribution in [3.8, 4) is 0 Å². The molecule has 14 nitrogen and oxygen atoms in total. The second kappa shape index (κ2) is 7.43. The van der Waals surface area contributed by atoms with Crippen LogP contribution in [0.25, 0.3) is 11.2 Å². The fourth-order valence-corrected chi connectivity index (χ4v) is 3.81. The van der Waals surface area contributed by atoms with Crippen LogP contribution in [0.2, 0.25) is 0 Å². The summed E-state index contributed by atoms with van der Waals surface area (Å²) in [6.45, 7) is -0.000929. The maximum absolute atomic E-state index is 11.9. The number of carbonyl (C=O) groups is 1. The van der Waals surface area contributed by atoms with E-state index in [4.69, 9.17) is 14.7 Å². The third kappa shape index (κ3) is 3.75. The lowest BCUT2D eigenvalue weighted by atomic mass is 10.1. The van der Waals surface area contributed by atoms with Crippen LogP contribution in [0.4, 0.5) is 5.82 Å². The van der Waals surface area contributed by atoms with E-state index in [0.29, 0.717) is 13.0 Å². The van der Waals surface area contributed by atoms with Crippen molar-refractivity contribution in [1.29, 1.82) is 0 Å². The minimum atomic E-state index is -4.41. The van der Waals surface area contributed by atoms with Gasteiger partial charge in [-0.15, -0.1) is 0 Å². The molecule has 2 aromatic heterocycles. The largest absolute Gasteiger partial charge is 0.387 e. The van der Waals surface area contributed by atoms with E-state index in [2.05, 4.69) is 20.3 Å². The standard InChI is InChI=1S/C14H19N7O7S/c15-11-8-12(18-4-17-11)21(5-19-8)14-10(23)9(22)7(28-14)3-27-29(25,26)20-13(24)6-1-2-16-6/h4-7,9-10,14,16,22-23H,1-3H2,(H,20,24)(H2,15,17,18)/t6-,7+,9+,10+,14+/m0/s1. The lowest BCUT2D eigenvalue weighted by Gasteiger charge is -2.25. The van der Waals surface area contributed by atoms with E-state index in [1.165, 1.54) is 17.2 Å². The van der Waals surface area contributed by atoms with Crippen LogP contribution < -0.4 is 15.8 Å². The van der Waals surface area contributed by atoms with Gasteiger partial charge in [0, 0.05) is 0 Å². The molecule has 0 saturated carbocycles. The quantitative estimate of drug-likeness (QED) is 0.307. The zero-order valence-electron chi connectivity index (χ0n) is 14.9. The topological polar surface area (TPSA) is 204 Å². The number of aliphatic hydroxyl groups is 2. The second-order valence-electron chi connectivity index (χ2n) is 6.63. The summed E-state index contributed by atoms with van der Waals surface area (Å²) in [6.07, 6.45) is -2.16. The average molecular weight is 429 g/mol. The highest BCUT2D eigenvalue weighted by Gasteiger charge is 2.45. The maximum atomic E-state index is 11.9. The number of amides is 1. The summed E-state index contributed by atoms with van der Waals surface area (Å²) in [6, 6.07) is -0.586. The van der Waals surface area contributed by atoms with Gasteiger partial charge in [0.05, 0.1) is 19.0 Å². The Morgan fingerprint density at radius 3 is 2.83 bits per heavy atom. The Morgan fingerprint density at radius 2 is 2.14 bits per heavy atom. The molecule has 0 aliphatic carbocycles. The molecule has 2 aromatic rings. The molecule has 0 bridgehead atoms. The number of rotatable bonds is 6.